The van der Waals surface area contributed by atoms with Crippen LogP contribution in [0.2, 0.25) is 5.02 Å². The van der Waals surface area contributed by atoms with Gasteiger partial charge < -0.3 is 25.2 Å². The van der Waals surface area contributed by atoms with Crippen LogP contribution in [-0.2, 0) is 0 Å². The van der Waals surface area contributed by atoms with Gasteiger partial charge >= 0.3 is 0 Å². The van der Waals surface area contributed by atoms with Crippen LogP contribution < -0.4 is 15.0 Å². The third-order valence-corrected chi connectivity index (χ3v) is 6.71. The highest BCUT2D eigenvalue weighted by molar-refractivity contribution is 6.30. The molecule has 34 heavy (non-hydrogen) atoms. The second kappa shape index (κ2) is 12.3. The van der Waals surface area contributed by atoms with E-state index in [9.17, 15) is 9.90 Å². The summed E-state index contributed by atoms with van der Waals surface area (Å²) in [7, 11) is 0. The van der Waals surface area contributed by atoms with Crippen LogP contribution in [0.1, 0.15) is 47.7 Å². The van der Waals surface area contributed by atoms with E-state index < -0.39 is 6.10 Å². The zero-order valence-electron chi connectivity index (χ0n) is 20.1. The first-order valence-corrected chi connectivity index (χ1v) is 12.2. The van der Waals surface area contributed by atoms with Crippen LogP contribution >= 0.6 is 11.6 Å². The molecule has 1 fully saturated rings. The number of piperidine rings is 1. The zero-order valence-corrected chi connectivity index (χ0v) is 20.9. The van der Waals surface area contributed by atoms with Crippen LogP contribution in [0.3, 0.4) is 0 Å². The van der Waals surface area contributed by atoms with Gasteiger partial charge in [-0.15, -0.1) is 0 Å². The molecule has 0 radical (unpaired) electrons. The predicted octanol–water partition coefficient (Wildman–Crippen LogP) is 3.15. The number of amides is 1. The van der Waals surface area contributed by atoms with Crippen molar-refractivity contribution in [3.63, 3.8) is 0 Å². The van der Waals surface area contributed by atoms with Crippen molar-refractivity contribution in [1.29, 1.82) is 0 Å². The van der Waals surface area contributed by atoms with Crippen molar-refractivity contribution in [1.82, 2.24) is 15.3 Å². The monoisotopic (exact) mass is 490 g/mol. The number of carbonyl (C=O) groups is 1. The van der Waals surface area contributed by atoms with Gasteiger partial charge in [0.1, 0.15) is 5.75 Å². The summed E-state index contributed by atoms with van der Waals surface area (Å²) in [5.41, 5.74) is 2.20. The standard InChI is InChI=1S/C25H35ClN4O4/c1-16(19-4-7-30(8-5-19)25-28-12-20(26)13-29-25)6-9-34-22-10-17(2)23(18(3)11-22)24(33)27-14-21(32)15-31/h10-13,16,19,21,31-32H,4-9,14-15H2,1-3H3,(H,27,33)/t16-,21-/m1/s1. The summed E-state index contributed by atoms with van der Waals surface area (Å²) in [6.07, 6.45) is 5.47. The predicted molar refractivity (Wildman–Crippen MR) is 133 cm³/mol. The SMILES string of the molecule is Cc1cc(OCC[C@@H](C)C2CCN(c3ncc(Cl)cn3)CC2)cc(C)c1C(=O)NC[C@@H](O)CO. The summed E-state index contributed by atoms with van der Waals surface area (Å²) in [6, 6.07) is 3.75. The second-order valence-electron chi connectivity index (χ2n) is 9.12. The van der Waals surface area contributed by atoms with Gasteiger partial charge in [0.25, 0.3) is 5.91 Å². The summed E-state index contributed by atoms with van der Waals surface area (Å²) >= 11 is 5.89. The highest BCUT2D eigenvalue weighted by Gasteiger charge is 2.25. The maximum atomic E-state index is 12.5. The second-order valence-corrected chi connectivity index (χ2v) is 9.56. The summed E-state index contributed by atoms with van der Waals surface area (Å²) < 4.78 is 6.03. The number of halogens is 1. The van der Waals surface area contributed by atoms with Crippen molar-refractivity contribution in [3.8, 4) is 5.75 Å². The Bertz CT molecular complexity index is 925. The molecule has 8 nitrogen and oxygen atoms in total. The lowest BCUT2D eigenvalue weighted by atomic mass is 9.84. The normalized spacial score (nSPS) is 16.2. The van der Waals surface area contributed by atoms with Crippen LogP contribution in [0.25, 0.3) is 0 Å². The average molecular weight is 491 g/mol. The molecule has 1 aromatic heterocycles. The summed E-state index contributed by atoms with van der Waals surface area (Å²) in [5.74, 6) is 2.41. The van der Waals surface area contributed by atoms with Gasteiger partial charge in [-0.2, -0.15) is 0 Å². The lowest BCUT2D eigenvalue weighted by Crippen LogP contribution is -2.36. The Balaban J connectivity index is 1.46. The van der Waals surface area contributed by atoms with Crippen molar-refractivity contribution in [3.05, 3.63) is 46.2 Å². The molecule has 0 spiro atoms. The molecule has 3 rings (SSSR count). The molecule has 1 aromatic carbocycles. The van der Waals surface area contributed by atoms with Crippen molar-refractivity contribution < 1.29 is 19.7 Å². The van der Waals surface area contributed by atoms with Gasteiger partial charge in [-0.1, -0.05) is 18.5 Å². The van der Waals surface area contributed by atoms with Gasteiger partial charge in [0.2, 0.25) is 5.95 Å². The first-order chi connectivity index (χ1) is 16.3. The molecule has 0 bridgehead atoms. The van der Waals surface area contributed by atoms with Gasteiger partial charge in [0.15, 0.2) is 0 Å². The highest BCUT2D eigenvalue weighted by Crippen LogP contribution is 2.29. The maximum absolute atomic E-state index is 12.5. The Morgan fingerprint density at radius 3 is 2.44 bits per heavy atom. The molecule has 0 aliphatic carbocycles. The number of hydrogen-bond donors (Lipinski definition) is 3. The van der Waals surface area contributed by atoms with Gasteiger partial charge in [0.05, 0.1) is 36.7 Å². The van der Waals surface area contributed by atoms with E-state index >= 15 is 0 Å². The molecule has 2 heterocycles. The van der Waals surface area contributed by atoms with E-state index in [2.05, 4.69) is 27.1 Å². The molecular weight excluding hydrogens is 456 g/mol. The fourth-order valence-electron chi connectivity index (χ4n) is 4.46. The van der Waals surface area contributed by atoms with E-state index in [0.717, 1.165) is 55.2 Å². The number of rotatable bonds is 10. The van der Waals surface area contributed by atoms with E-state index in [1.807, 2.05) is 26.0 Å². The van der Waals surface area contributed by atoms with E-state index in [1.54, 1.807) is 12.4 Å². The summed E-state index contributed by atoms with van der Waals surface area (Å²) in [5, 5.41) is 21.6. The molecule has 0 unspecified atom stereocenters. The number of ether oxygens (including phenoxy) is 1. The van der Waals surface area contributed by atoms with E-state index in [1.165, 1.54) is 0 Å². The molecular formula is C25H35ClN4O4. The Kier molecular flexibility index (Phi) is 9.50. The van der Waals surface area contributed by atoms with Crippen molar-refractivity contribution in [2.45, 2.75) is 46.1 Å². The number of aromatic nitrogens is 2. The number of nitrogens with zero attached hydrogens (tertiary/aromatic N) is 3. The van der Waals surface area contributed by atoms with Gasteiger partial charge in [-0.25, -0.2) is 9.97 Å². The lowest BCUT2D eigenvalue weighted by Gasteiger charge is -2.34. The number of aliphatic hydroxyl groups excluding tert-OH is 2. The number of hydrogen-bond acceptors (Lipinski definition) is 7. The van der Waals surface area contributed by atoms with Crippen LogP contribution in [0.4, 0.5) is 5.95 Å². The lowest BCUT2D eigenvalue weighted by molar-refractivity contribution is 0.0801. The topological polar surface area (TPSA) is 108 Å². The molecule has 2 aromatic rings. The van der Waals surface area contributed by atoms with Gasteiger partial charge in [0, 0.05) is 25.2 Å². The van der Waals surface area contributed by atoms with Crippen LogP contribution in [0.15, 0.2) is 24.5 Å². The Morgan fingerprint density at radius 1 is 1.24 bits per heavy atom. The minimum absolute atomic E-state index is 0.00992. The molecule has 1 aliphatic rings. The Labute approximate surface area is 206 Å². The quantitative estimate of drug-likeness (QED) is 0.469. The number of benzene rings is 1. The molecule has 3 N–H and O–H groups in total. The van der Waals surface area contributed by atoms with Crippen LogP contribution in [-0.4, -0.2) is 65.0 Å². The van der Waals surface area contributed by atoms with Gasteiger partial charge in [-0.3, -0.25) is 4.79 Å². The first-order valence-electron chi connectivity index (χ1n) is 11.8. The van der Waals surface area contributed by atoms with Crippen LogP contribution in [0.5, 0.6) is 5.75 Å². The van der Waals surface area contributed by atoms with Crippen molar-refractivity contribution >= 4 is 23.5 Å². The fourth-order valence-corrected chi connectivity index (χ4v) is 4.56. The van der Waals surface area contributed by atoms with E-state index in [-0.39, 0.29) is 19.1 Å². The molecule has 1 saturated heterocycles. The number of aryl methyl sites for hydroxylation is 2. The summed E-state index contributed by atoms with van der Waals surface area (Å²) in [6.45, 7) is 8.15. The zero-order chi connectivity index (χ0) is 24.7. The third-order valence-electron chi connectivity index (χ3n) is 6.52. The molecule has 186 valence electrons. The smallest absolute Gasteiger partial charge is 0.251 e. The largest absolute Gasteiger partial charge is 0.494 e. The van der Waals surface area contributed by atoms with Gasteiger partial charge in [-0.05, 0) is 68.2 Å². The minimum Gasteiger partial charge on any atom is -0.494 e. The van der Waals surface area contributed by atoms with Crippen LogP contribution in [0, 0.1) is 25.7 Å². The number of aliphatic hydroxyl groups is 2. The number of carbonyl (C=O) groups excluding carboxylic acids is 1. The van der Waals surface area contributed by atoms with Crippen molar-refractivity contribution in [2.75, 3.05) is 37.7 Å². The summed E-state index contributed by atoms with van der Waals surface area (Å²) in [4.78, 5) is 23.3. The third kappa shape index (κ3) is 7.04. The van der Waals surface area contributed by atoms with E-state index in [0.29, 0.717) is 29.0 Å². The highest BCUT2D eigenvalue weighted by atomic mass is 35.5. The first kappa shape index (κ1) is 26.2. The average Bonchev–Trinajstić information content (AvgIpc) is 2.82. The molecule has 1 aliphatic heterocycles. The number of nitrogens with one attached hydrogen (secondary N) is 1. The van der Waals surface area contributed by atoms with E-state index in [4.69, 9.17) is 21.4 Å². The Hall–Kier alpha value is -2.42. The molecule has 1 amide bonds. The molecule has 9 heteroatoms. The minimum atomic E-state index is -0.966. The maximum Gasteiger partial charge on any atom is 0.251 e. The Morgan fingerprint density at radius 2 is 1.85 bits per heavy atom. The van der Waals surface area contributed by atoms with Crippen molar-refractivity contribution in [2.24, 2.45) is 11.8 Å². The molecule has 2 atom stereocenters. The molecule has 0 saturated carbocycles. The number of anilines is 1. The fraction of sp³-hybridized carbons (Fsp3) is 0.560.